The molecule has 1 saturated heterocycles. The van der Waals surface area contributed by atoms with Crippen LogP contribution in [0.2, 0.25) is 0 Å². The van der Waals surface area contributed by atoms with Crippen molar-refractivity contribution in [2.24, 2.45) is 0 Å². The predicted molar refractivity (Wildman–Crippen MR) is 82.3 cm³/mol. The van der Waals surface area contributed by atoms with Crippen LogP contribution in [0.25, 0.3) is 5.76 Å². The second kappa shape index (κ2) is 6.01. The van der Waals surface area contributed by atoms with Gasteiger partial charge in [0.15, 0.2) is 0 Å². The number of methoxy groups -OCH3 is 1. The van der Waals surface area contributed by atoms with E-state index in [1.54, 1.807) is 30.2 Å². The summed E-state index contributed by atoms with van der Waals surface area (Å²) in [4.78, 5) is 13.6. The van der Waals surface area contributed by atoms with Gasteiger partial charge < -0.3 is 10.1 Å². The van der Waals surface area contributed by atoms with Gasteiger partial charge in [0.1, 0.15) is 5.76 Å². The fourth-order valence-corrected chi connectivity index (χ4v) is 4.08. The van der Waals surface area contributed by atoms with Crippen LogP contribution in [-0.4, -0.2) is 23.6 Å². The Kier molecular flexibility index (Phi) is 4.58. The molecule has 1 unspecified atom stereocenters. The van der Waals surface area contributed by atoms with Gasteiger partial charge in [0, 0.05) is 4.88 Å². The van der Waals surface area contributed by atoms with E-state index in [2.05, 4.69) is 31.0 Å². The molecular weight excluding hydrogens is 278 g/mol. The van der Waals surface area contributed by atoms with Crippen LogP contribution >= 0.6 is 23.1 Å². The number of carbonyl (C=O) groups is 1. The van der Waals surface area contributed by atoms with Crippen LogP contribution in [0.3, 0.4) is 0 Å². The van der Waals surface area contributed by atoms with Gasteiger partial charge in [0.2, 0.25) is 5.91 Å². The fraction of sp³-hybridized carbons (Fsp3) is 0.500. The van der Waals surface area contributed by atoms with Gasteiger partial charge >= 0.3 is 0 Å². The summed E-state index contributed by atoms with van der Waals surface area (Å²) in [7, 11) is 1.64. The average molecular weight is 297 g/mol. The molecule has 0 bridgehead atoms. The quantitative estimate of drug-likeness (QED) is 0.819. The minimum atomic E-state index is -0.0761. The van der Waals surface area contributed by atoms with Crippen LogP contribution in [0.4, 0.5) is 0 Å². The normalized spacial score (nSPS) is 22.3. The highest BCUT2D eigenvalue weighted by Gasteiger charge is 2.32. The lowest BCUT2D eigenvalue weighted by Gasteiger charge is -2.22. The van der Waals surface area contributed by atoms with Crippen molar-refractivity contribution < 1.29 is 9.53 Å². The zero-order chi connectivity index (χ0) is 13.9. The van der Waals surface area contributed by atoms with Crippen LogP contribution in [0.15, 0.2) is 18.7 Å². The highest BCUT2D eigenvalue weighted by Crippen LogP contribution is 2.33. The molecule has 2 rings (SSSR count). The van der Waals surface area contributed by atoms with Crippen molar-refractivity contribution in [3.05, 3.63) is 28.5 Å². The van der Waals surface area contributed by atoms with Crippen LogP contribution in [0.5, 0.6) is 0 Å². The second-order valence-corrected chi connectivity index (χ2v) is 7.46. The molecule has 1 fully saturated rings. The van der Waals surface area contributed by atoms with E-state index >= 15 is 0 Å². The number of thiophene rings is 1. The summed E-state index contributed by atoms with van der Waals surface area (Å²) in [6.07, 6.45) is 3.11. The van der Waals surface area contributed by atoms with Gasteiger partial charge in [-0.25, -0.2) is 0 Å². The zero-order valence-corrected chi connectivity index (χ0v) is 13.0. The molecule has 1 N–H and O–H groups in total. The van der Waals surface area contributed by atoms with Gasteiger partial charge in [0.25, 0.3) is 0 Å². The third-order valence-corrected chi connectivity index (χ3v) is 5.72. The van der Waals surface area contributed by atoms with Crippen LogP contribution in [0, 0.1) is 0 Å². The number of thioether (sulfide) groups is 1. The van der Waals surface area contributed by atoms with Crippen LogP contribution in [0.1, 0.15) is 29.5 Å². The molecule has 104 valence electrons. The maximum absolute atomic E-state index is 11.2. The summed E-state index contributed by atoms with van der Waals surface area (Å²) in [6, 6.07) is 4.19. The van der Waals surface area contributed by atoms with Crippen LogP contribution < -0.4 is 5.32 Å². The van der Waals surface area contributed by atoms with Crippen LogP contribution in [-0.2, 0) is 16.0 Å². The lowest BCUT2D eigenvalue weighted by atomic mass is 10.1. The summed E-state index contributed by atoms with van der Waals surface area (Å²) in [5.74, 6) is 1.47. The summed E-state index contributed by atoms with van der Waals surface area (Å²) >= 11 is 3.44. The molecule has 0 saturated carbocycles. The molecule has 1 atom stereocenters. The van der Waals surface area contributed by atoms with E-state index in [0.29, 0.717) is 5.75 Å². The molecule has 0 aliphatic carbocycles. The number of amides is 1. The highest BCUT2D eigenvalue weighted by molar-refractivity contribution is 8.01. The summed E-state index contributed by atoms with van der Waals surface area (Å²) in [5, 5.41) is 3.04. The Morgan fingerprint density at radius 3 is 3.00 bits per heavy atom. The molecule has 1 amide bonds. The van der Waals surface area contributed by atoms with Crippen molar-refractivity contribution in [3.8, 4) is 0 Å². The molecule has 0 spiro atoms. The Morgan fingerprint density at radius 2 is 2.37 bits per heavy atom. The Labute approximate surface area is 122 Å². The summed E-state index contributed by atoms with van der Waals surface area (Å²) in [5.41, 5.74) is 0. The number of carbonyl (C=O) groups excluding carboxylic acids is 1. The lowest BCUT2D eigenvalue weighted by Crippen LogP contribution is -2.36. The topological polar surface area (TPSA) is 38.3 Å². The number of aryl methyl sites for hydroxylation is 1. The first-order valence-electron chi connectivity index (χ1n) is 6.29. The first kappa shape index (κ1) is 14.5. The third-order valence-electron chi connectivity index (χ3n) is 3.19. The molecule has 1 aliphatic rings. The van der Waals surface area contributed by atoms with Gasteiger partial charge in [-0.2, -0.15) is 0 Å². The minimum absolute atomic E-state index is 0.0761. The third kappa shape index (κ3) is 3.76. The maximum Gasteiger partial charge on any atom is 0.231 e. The van der Waals surface area contributed by atoms with Crippen molar-refractivity contribution in [2.45, 2.75) is 31.1 Å². The number of hydrogen-bond donors (Lipinski definition) is 1. The van der Waals surface area contributed by atoms with Gasteiger partial charge in [-0.05, 0) is 38.3 Å². The smallest absolute Gasteiger partial charge is 0.231 e. The average Bonchev–Trinajstić information content (AvgIpc) is 2.96. The number of ether oxygens (including phenoxy) is 1. The van der Waals surface area contributed by atoms with E-state index in [0.717, 1.165) is 29.9 Å². The maximum atomic E-state index is 11.2. The molecule has 1 aromatic rings. The highest BCUT2D eigenvalue weighted by atomic mass is 32.2. The van der Waals surface area contributed by atoms with E-state index < -0.39 is 0 Å². The van der Waals surface area contributed by atoms with E-state index in [1.165, 1.54) is 4.88 Å². The molecule has 3 nitrogen and oxygen atoms in total. The van der Waals surface area contributed by atoms with Crippen molar-refractivity contribution in [1.82, 2.24) is 5.32 Å². The molecule has 5 heteroatoms. The van der Waals surface area contributed by atoms with E-state index in [9.17, 15) is 4.79 Å². The van der Waals surface area contributed by atoms with Gasteiger partial charge in [-0.1, -0.05) is 6.58 Å². The Balaban J connectivity index is 1.81. The second-order valence-electron chi connectivity index (χ2n) is 4.81. The van der Waals surface area contributed by atoms with Gasteiger partial charge in [0.05, 0.1) is 22.6 Å². The fourth-order valence-electron chi connectivity index (χ4n) is 2.09. The SMILES string of the molecule is C=C(OC)c1ccc(CCCC2(C)NC(=O)CS2)s1. The van der Waals surface area contributed by atoms with E-state index in [-0.39, 0.29) is 10.8 Å². The van der Waals surface area contributed by atoms with E-state index in [4.69, 9.17) is 4.74 Å². The monoisotopic (exact) mass is 297 g/mol. The zero-order valence-electron chi connectivity index (χ0n) is 11.3. The molecule has 1 aliphatic heterocycles. The predicted octanol–water partition coefficient (Wildman–Crippen LogP) is 3.27. The molecule has 2 heterocycles. The minimum Gasteiger partial charge on any atom is -0.496 e. The number of hydrogen-bond acceptors (Lipinski definition) is 4. The first-order valence-corrected chi connectivity index (χ1v) is 8.09. The Bertz CT molecular complexity index is 484. The molecule has 1 aromatic heterocycles. The lowest BCUT2D eigenvalue weighted by molar-refractivity contribution is -0.118. The van der Waals surface area contributed by atoms with Crippen molar-refractivity contribution in [1.29, 1.82) is 0 Å². The molecule has 0 radical (unpaired) electrons. The Hall–Kier alpha value is -0.940. The van der Waals surface area contributed by atoms with Crippen molar-refractivity contribution in [2.75, 3.05) is 12.9 Å². The van der Waals surface area contributed by atoms with Gasteiger partial charge in [-0.3, -0.25) is 4.79 Å². The number of nitrogens with one attached hydrogen (secondary N) is 1. The van der Waals surface area contributed by atoms with Crippen molar-refractivity contribution >= 4 is 34.8 Å². The molecule has 19 heavy (non-hydrogen) atoms. The summed E-state index contributed by atoms with van der Waals surface area (Å²) < 4.78 is 5.13. The van der Waals surface area contributed by atoms with Gasteiger partial charge in [-0.15, -0.1) is 23.1 Å². The molecular formula is C14H19NO2S2. The standard InChI is InChI=1S/C14H19NO2S2/c1-10(17-3)12-7-6-11(19-12)5-4-8-14(2)15-13(16)9-18-14/h6-7H,1,4-5,8-9H2,2-3H3,(H,15,16). The van der Waals surface area contributed by atoms with Crippen molar-refractivity contribution in [3.63, 3.8) is 0 Å². The largest absolute Gasteiger partial charge is 0.496 e. The number of rotatable bonds is 6. The first-order chi connectivity index (χ1) is 9.02. The summed E-state index contributed by atoms with van der Waals surface area (Å²) in [6.45, 7) is 5.96. The van der Waals surface area contributed by atoms with E-state index in [1.807, 2.05) is 0 Å². The molecule has 0 aromatic carbocycles. The Morgan fingerprint density at radius 1 is 1.58 bits per heavy atom.